The van der Waals surface area contributed by atoms with E-state index < -0.39 is 0 Å². The summed E-state index contributed by atoms with van der Waals surface area (Å²) in [5, 5.41) is 6.04. The summed E-state index contributed by atoms with van der Waals surface area (Å²) in [4.78, 5) is 12.5. The molecule has 6 nitrogen and oxygen atoms in total. The first-order chi connectivity index (χ1) is 13.6. The molecule has 0 unspecified atom stereocenters. The Morgan fingerprint density at radius 2 is 1.61 bits per heavy atom. The molecular weight excluding hydrogens is 356 g/mol. The number of carbonyl (C=O) groups is 1. The van der Waals surface area contributed by atoms with Crippen LogP contribution < -0.4 is 20.1 Å². The average molecular weight is 389 g/mol. The number of hydrogen-bond donors (Lipinski definition) is 2. The van der Waals surface area contributed by atoms with Crippen molar-refractivity contribution in [2.75, 3.05) is 27.9 Å². The second-order valence-electron chi connectivity index (χ2n) is 8.69. The third kappa shape index (κ3) is 3.43. The van der Waals surface area contributed by atoms with Gasteiger partial charge in [0, 0.05) is 20.2 Å². The SMILES string of the molecule is COc1ccc(CNC(=O)NCC2(OC)C3CC4CC(C3)CC2C4)cc1OC. The van der Waals surface area contributed by atoms with E-state index in [1.807, 2.05) is 25.3 Å². The van der Waals surface area contributed by atoms with E-state index in [1.165, 1.54) is 32.1 Å². The van der Waals surface area contributed by atoms with E-state index in [9.17, 15) is 4.79 Å². The summed E-state index contributed by atoms with van der Waals surface area (Å²) in [6, 6.07) is 5.51. The number of benzene rings is 1. The van der Waals surface area contributed by atoms with E-state index in [0.717, 1.165) is 17.4 Å². The predicted molar refractivity (Wildman–Crippen MR) is 107 cm³/mol. The van der Waals surface area contributed by atoms with E-state index in [2.05, 4.69) is 10.6 Å². The molecule has 4 aliphatic rings. The number of rotatable bonds is 7. The summed E-state index contributed by atoms with van der Waals surface area (Å²) in [5.74, 6) is 4.27. The molecule has 1 aromatic rings. The van der Waals surface area contributed by atoms with E-state index in [1.54, 1.807) is 14.2 Å². The monoisotopic (exact) mass is 388 g/mol. The van der Waals surface area contributed by atoms with Crippen LogP contribution in [0.1, 0.15) is 37.7 Å². The Labute approximate surface area is 167 Å². The Hall–Kier alpha value is -1.95. The number of urea groups is 1. The molecule has 0 spiro atoms. The van der Waals surface area contributed by atoms with Crippen LogP contribution in [0.3, 0.4) is 0 Å². The first-order valence-electron chi connectivity index (χ1n) is 10.4. The van der Waals surface area contributed by atoms with Gasteiger partial charge in [-0.15, -0.1) is 0 Å². The molecule has 6 heteroatoms. The highest BCUT2D eigenvalue weighted by Gasteiger charge is 2.57. The molecule has 0 heterocycles. The molecule has 2 amide bonds. The fraction of sp³-hybridized carbons (Fsp3) is 0.682. The molecule has 5 rings (SSSR count). The Balaban J connectivity index is 1.33. The summed E-state index contributed by atoms with van der Waals surface area (Å²) < 4.78 is 16.7. The number of methoxy groups -OCH3 is 3. The van der Waals surface area contributed by atoms with Gasteiger partial charge in [-0.05, 0) is 73.5 Å². The van der Waals surface area contributed by atoms with Gasteiger partial charge in [0.15, 0.2) is 11.5 Å². The van der Waals surface area contributed by atoms with Gasteiger partial charge in [0.2, 0.25) is 0 Å². The molecule has 0 aromatic heterocycles. The third-order valence-corrected chi connectivity index (χ3v) is 7.33. The van der Waals surface area contributed by atoms with Crippen LogP contribution in [-0.4, -0.2) is 39.5 Å². The lowest BCUT2D eigenvalue weighted by Crippen LogP contribution is -2.63. The van der Waals surface area contributed by atoms with Crippen molar-refractivity contribution in [2.24, 2.45) is 23.7 Å². The lowest BCUT2D eigenvalue weighted by atomic mass is 9.49. The first-order valence-corrected chi connectivity index (χ1v) is 10.4. The van der Waals surface area contributed by atoms with Gasteiger partial charge in [-0.1, -0.05) is 6.07 Å². The maximum atomic E-state index is 12.5. The number of hydrogen-bond acceptors (Lipinski definition) is 4. The van der Waals surface area contributed by atoms with Crippen LogP contribution in [0.15, 0.2) is 18.2 Å². The van der Waals surface area contributed by atoms with E-state index in [-0.39, 0.29) is 11.6 Å². The second-order valence-corrected chi connectivity index (χ2v) is 8.69. The molecular formula is C22H32N2O4. The van der Waals surface area contributed by atoms with E-state index in [4.69, 9.17) is 14.2 Å². The van der Waals surface area contributed by atoms with Gasteiger partial charge in [-0.3, -0.25) is 0 Å². The van der Waals surface area contributed by atoms with Gasteiger partial charge in [-0.25, -0.2) is 4.79 Å². The second kappa shape index (κ2) is 7.82. The Morgan fingerprint density at radius 3 is 2.18 bits per heavy atom. The van der Waals surface area contributed by atoms with Crippen LogP contribution in [0, 0.1) is 23.7 Å². The largest absolute Gasteiger partial charge is 0.493 e. The van der Waals surface area contributed by atoms with Crippen molar-refractivity contribution in [1.82, 2.24) is 10.6 Å². The van der Waals surface area contributed by atoms with Crippen molar-refractivity contribution < 1.29 is 19.0 Å². The van der Waals surface area contributed by atoms with Crippen molar-refractivity contribution in [2.45, 2.75) is 44.2 Å². The highest BCUT2D eigenvalue weighted by Crippen LogP contribution is 2.59. The zero-order valence-corrected chi connectivity index (χ0v) is 17.1. The molecule has 4 saturated carbocycles. The summed E-state index contributed by atoms with van der Waals surface area (Å²) in [5.41, 5.74) is 0.776. The zero-order chi connectivity index (χ0) is 19.7. The van der Waals surface area contributed by atoms with E-state index in [0.29, 0.717) is 36.4 Å². The highest BCUT2D eigenvalue weighted by molar-refractivity contribution is 5.74. The Morgan fingerprint density at radius 1 is 0.964 bits per heavy atom. The lowest BCUT2D eigenvalue weighted by molar-refractivity contribution is -0.186. The minimum Gasteiger partial charge on any atom is -0.493 e. The fourth-order valence-electron chi connectivity index (χ4n) is 6.13. The van der Waals surface area contributed by atoms with Gasteiger partial charge in [0.1, 0.15) is 0 Å². The molecule has 4 bridgehead atoms. The molecule has 28 heavy (non-hydrogen) atoms. The van der Waals surface area contributed by atoms with Crippen molar-refractivity contribution in [1.29, 1.82) is 0 Å². The summed E-state index contributed by atoms with van der Waals surface area (Å²) in [6.07, 6.45) is 6.45. The molecule has 0 radical (unpaired) electrons. The zero-order valence-electron chi connectivity index (χ0n) is 17.1. The maximum Gasteiger partial charge on any atom is 0.315 e. The number of nitrogens with one attached hydrogen (secondary N) is 2. The predicted octanol–water partition coefficient (Wildman–Crippen LogP) is 3.34. The molecule has 4 aliphatic carbocycles. The van der Waals surface area contributed by atoms with Crippen molar-refractivity contribution >= 4 is 6.03 Å². The van der Waals surface area contributed by atoms with Gasteiger partial charge < -0.3 is 24.8 Å². The van der Waals surface area contributed by atoms with Gasteiger partial charge in [-0.2, -0.15) is 0 Å². The maximum absolute atomic E-state index is 12.5. The number of ether oxygens (including phenoxy) is 3. The molecule has 0 aliphatic heterocycles. The van der Waals surface area contributed by atoms with Crippen molar-refractivity contribution in [3.8, 4) is 11.5 Å². The molecule has 154 valence electrons. The van der Waals surface area contributed by atoms with E-state index >= 15 is 0 Å². The van der Waals surface area contributed by atoms with Gasteiger partial charge >= 0.3 is 6.03 Å². The van der Waals surface area contributed by atoms with Crippen LogP contribution in [0.2, 0.25) is 0 Å². The third-order valence-electron chi connectivity index (χ3n) is 7.33. The minimum atomic E-state index is -0.186. The van der Waals surface area contributed by atoms with Gasteiger partial charge in [0.05, 0.1) is 19.8 Å². The average Bonchev–Trinajstić information content (AvgIpc) is 2.71. The van der Waals surface area contributed by atoms with Crippen LogP contribution >= 0.6 is 0 Å². The lowest BCUT2D eigenvalue weighted by Gasteiger charge is -2.60. The van der Waals surface area contributed by atoms with Crippen LogP contribution in [-0.2, 0) is 11.3 Å². The Kier molecular flexibility index (Phi) is 5.41. The number of carbonyl (C=O) groups excluding carboxylic acids is 1. The Bertz CT molecular complexity index is 692. The van der Waals surface area contributed by atoms with Gasteiger partial charge in [0.25, 0.3) is 0 Å². The summed E-state index contributed by atoms with van der Waals surface area (Å²) in [7, 11) is 5.04. The molecule has 2 N–H and O–H groups in total. The van der Waals surface area contributed by atoms with Crippen LogP contribution in [0.4, 0.5) is 4.79 Å². The van der Waals surface area contributed by atoms with Crippen LogP contribution in [0.25, 0.3) is 0 Å². The van der Waals surface area contributed by atoms with Crippen LogP contribution in [0.5, 0.6) is 11.5 Å². The quantitative estimate of drug-likeness (QED) is 0.752. The van der Waals surface area contributed by atoms with Crippen molar-refractivity contribution in [3.63, 3.8) is 0 Å². The fourth-order valence-corrected chi connectivity index (χ4v) is 6.13. The topological polar surface area (TPSA) is 68.8 Å². The standard InChI is InChI=1S/C22H32N2O4/c1-26-19-5-4-14(11-20(19)27-2)12-23-21(25)24-13-22(28-3)17-7-15-6-16(9-17)10-18(22)8-15/h4-5,11,15-18H,6-10,12-13H2,1-3H3,(H2,23,24,25). The first kappa shape index (κ1) is 19.4. The normalized spacial score (nSPS) is 32.8. The number of amides is 2. The summed E-state index contributed by atoms with van der Waals surface area (Å²) >= 11 is 0. The molecule has 4 fully saturated rings. The molecule has 1 aromatic carbocycles. The highest BCUT2D eigenvalue weighted by atomic mass is 16.5. The molecule has 0 saturated heterocycles. The summed E-state index contributed by atoms with van der Waals surface area (Å²) in [6.45, 7) is 1.03. The smallest absolute Gasteiger partial charge is 0.315 e. The van der Waals surface area contributed by atoms with Crippen molar-refractivity contribution in [3.05, 3.63) is 23.8 Å². The minimum absolute atomic E-state index is 0.153. The molecule has 0 atom stereocenters.